The predicted molar refractivity (Wildman–Crippen MR) is 106 cm³/mol. The van der Waals surface area contributed by atoms with Crippen molar-refractivity contribution in [3.8, 4) is 0 Å². The molecule has 25 heavy (non-hydrogen) atoms. The average molecular weight is 347 g/mol. The molecule has 3 heteroatoms. The van der Waals surface area contributed by atoms with Gasteiger partial charge in [0.15, 0.2) is 0 Å². The fourth-order valence-electron chi connectivity index (χ4n) is 4.08. The fraction of sp³-hybridized carbons (Fsp3) is 0.727. The first-order valence-electron chi connectivity index (χ1n) is 9.83. The zero-order valence-corrected chi connectivity index (χ0v) is 17.6. The summed E-state index contributed by atoms with van der Waals surface area (Å²) < 4.78 is 0. The minimum Gasteiger partial charge on any atom is -0.295 e. The quantitative estimate of drug-likeness (QED) is 0.707. The van der Waals surface area contributed by atoms with Crippen LogP contribution in [0.2, 0.25) is 0 Å². The van der Waals surface area contributed by atoms with Gasteiger partial charge in [0.2, 0.25) is 0 Å². The van der Waals surface area contributed by atoms with Gasteiger partial charge in [0.05, 0.1) is 11.1 Å². The van der Waals surface area contributed by atoms with Gasteiger partial charge in [0.25, 0.3) is 0 Å². The molecule has 0 saturated carbocycles. The summed E-state index contributed by atoms with van der Waals surface area (Å²) in [5, 5.41) is 2.35. The summed E-state index contributed by atoms with van der Waals surface area (Å²) in [4.78, 5) is 9.29. The normalized spacial score (nSPS) is 22.7. The number of hydrogen-bond acceptors (Lipinski definition) is 3. The molecule has 0 amide bonds. The van der Waals surface area contributed by atoms with Gasteiger partial charge in [-0.15, -0.1) is 0 Å². The Labute approximate surface area is 155 Å². The highest BCUT2D eigenvalue weighted by Gasteiger charge is 2.51. The van der Waals surface area contributed by atoms with Crippen LogP contribution in [-0.2, 0) is 4.84 Å². The summed E-state index contributed by atoms with van der Waals surface area (Å²) in [6, 6.07) is 10.5. The second kappa shape index (κ2) is 7.38. The molecule has 0 aliphatic carbocycles. The summed E-state index contributed by atoms with van der Waals surface area (Å²) in [6.07, 6.45) is 2.22. The van der Waals surface area contributed by atoms with Crippen molar-refractivity contribution in [1.29, 1.82) is 0 Å². The lowest BCUT2D eigenvalue weighted by atomic mass is 9.81. The Hall–Kier alpha value is -0.900. The molecule has 1 heterocycles. The average Bonchev–Trinajstić information content (AvgIpc) is 2.56. The van der Waals surface area contributed by atoms with Crippen LogP contribution in [0.25, 0.3) is 0 Å². The number of rotatable bonds is 5. The van der Waals surface area contributed by atoms with Gasteiger partial charge in [-0.2, -0.15) is 5.06 Å². The SMILES string of the molecule is CCC1(CC)CN(C(C)(C)C)CC(C)(C)N1OC(C)c1ccccc1. The van der Waals surface area contributed by atoms with E-state index in [0.29, 0.717) is 0 Å². The van der Waals surface area contributed by atoms with Crippen molar-refractivity contribution in [3.05, 3.63) is 35.9 Å². The van der Waals surface area contributed by atoms with Crippen LogP contribution in [0.15, 0.2) is 30.3 Å². The lowest BCUT2D eigenvalue weighted by Crippen LogP contribution is -2.72. The number of piperazine rings is 1. The molecule has 3 nitrogen and oxygen atoms in total. The molecule has 1 aliphatic heterocycles. The molecule has 0 bridgehead atoms. The second-order valence-electron chi connectivity index (χ2n) is 9.22. The zero-order chi connectivity index (χ0) is 18.9. The van der Waals surface area contributed by atoms with Gasteiger partial charge in [-0.1, -0.05) is 44.2 Å². The summed E-state index contributed by atoms with van der Waals surface area (Å²) in [5.74, 6) is 0. The Morgan fingerprint density at radius 3 is 2.08 bits per heavy atom. The third kappa shape index (κ3) is 4.27. The van der Waals surface area contributed by atoms with E-state index >= 15 is 0 Å². The first-order chi connectivity index (χ1) is 11.6. The molecular formula is C22H38N2O. The Morgan fingerprint density at radius 2 is 1.60 bits per heavy atom. The highest BCUT2D eigenvalue weighted by Crippen LogP contribution is 2.41. The number of hydroxylamine groups is 2. The summed E-state index contributed by atoms with van der Waals surface area (Å²) >= 11 is 0. The monoisotopic (exact) mass is 346 g/mol. The van der Waals surface area contributed by atoms with Crippen molar-refractivity contribution in [2.45, 2.75) is 91.0 Å². The van der Waals surface area contributed by atoms with E-state index < -0.39 is 0 Å². The van der Waals surface area contributed by atoms with Crippen molar-refractivity contribution in [2.75, 3.05) is 13.1 Å². The first kappa shape index (κ1) is 20.4. The highest BCUT2D eigenvalue weighted by atomic mass is 16.7. The second-order valence-corrected chi connectivity index (χ2v) is 9.22. The van der Waals surface area contributed by atoms with Crippen LogP contribution in [0.1, 0.15) is 79.9 Å². The van der Waals surface area contributed by atoms with Crippen LogP contribution >= 0.6 is 0 Å². The molecule has 142 valence electrons. The summed E-state index contributed by atoms with van der Waals surface area (Å²) in [5.41, 5.74) is 1.40. The van der Waals surface area contributed by atoms with Gasteiger partial charge in [0.1, 0.15) is 6.10 Å². The number of hydrogen-bond donors (Lipinski definition) is 0. The molecule has 0 spiro atoms. The third-order valence-electron chi connectivity index (χ3n) is 5.84. The van der Waals surface area contributed by atoms with Gasteiger partial charge >= 0.3 is 0 Å². The molecule has 1 saturated heterocycles. The van der Waals surface area contributed by atoms with Gasteiger partial charge in [0, 0.05) is 18.6 Å². The summed E-state index contributed by atoms with van der Waals surface area (Å²) in [7, 11) is 0. The van der Waals surface area contributed by atoms with Crippen LogP contribution in [0, 0.1) is 0 Å². The van der Waals surface area contributed by atoms with Crippen LogP contribution in [0.4, 0.5) is 0 Å². The van der Waals surface area contributed by atoms with E-state index in [-0.39, 0.29) is 22.7 Å². The smallest absolute Gasteiger partial charge is 0.102 e. The maximum absolute atomic E-state index is 6.66. The molecule has 1 aliphatic rings. The van der Waals surface area contributed by atoms with E-state index in [1.807, 2.05) is 0 Å². The number of nitrogens with zero attached hydrogens (tertiary/aromatic N) is 2. The molecule has 1 fully saturated rings. The van der Waals surface area contributed by atoms with Crippen molar-refractivity contribution in [3.63, 3.8) is 0 Å². The van der Waals surface area contributed by atoms with E-state index in [9.17, 15) is 0 Å². The lowest BCUT2D eigenvalue weighted by molar-refractivity contribution is -0.325. The highest BCUT2D eigenvalue weighted by molar-refractivity contribution is 5.17. The zero-order valence-electron chi connectivity index (χ0n) is 17.6. The minimum atomic E-state index is -0.0411. The first-order valence-corrected chi connectivity index (χ1v) is 9.83. The van der Waals surface area contributed by atoms with E-state index in [4.69, 9.17) is 4.84 Å². The van der Waals surface area contributed by atoms with Crippen molar-refractivity contribution < 1.29 is 4.84 Å². The molecule has 0 aromatic heterocycles. The maximum Gasteiger partial charge on any atom is 0.102 e. The lowest BCUT2D eigenvalue weighted by Gasteiger charge is -2.60. The van der Waals surface area contributed by atoms with Crippen LogP contribution in [-0.4, -0.2) is 39.7 Å². The Bertz CT molecular complexity index is 543. The predicted octanol–water partition coefficient (Wildman–Crippen LogP) is 5.43. The molecular weight excluding hydrogens is 308 g/mol. The standard InChI is InChI=1S/C22H38N2O/c1-9-22(10-2)17-23(20(4,5)6)16-21(7,8)24(22)25-18(3)19-14-12-11-13-15-19/h11-15,18H,9-10,16-17H2,1-8H3. The van der Waals surface area contributed by atoms with Crippen LogP contribution < -0.4 is 0 Å². The van der Waals surface area contributed by atoms with Crippen LogP contribution in [0.5, 0.6) is 0 Å². The Kier molecular flexibility index (Phi) is 6.03. The maximum atomic E-state index is 6.66. The van der Waals surface area contributed by atoms with E-state index in [1.165, 1.54) is 5.56 Å². The fourth-order valence-corrected chi connectivity index (χ4v) is 4.08. The van der Waals surface area contributed by atoms with E-state index in [2.05, 4.69) is 95.7 Å². The van der Waals surface area contributed by atoms with Gasteiger partial charge in [-0.25, -0.2) is 0 Å². The molecule has 1 unspecified atom stereocenters. The molecule has 1 aromatic rings. The largest absolute Gasteiger partial charge is 0.295 e. The van der Waals surface area contributed by atoms with E-state index in [0.717, 1.165) is 25.9 Å². The molecule has 0 radical (unpaired) electrons. The van der Waals surface area contributed by atoms with Gasteiger partial charge < -0.3 is 0 Å². The summed E-state index contributed by atoms with van der Waals surface area (Å²) in [6.45, 7) is 20.4. The molecule has 1 atom stereocenters. The van der Waals surface area contributed by atoms with Crippen LogP contribution in [0.3, 0.4) is 0 Å². The van der Waals surface area contributed by atoms with Crippen molar-refractivity contribution in [1.82, 2.24) is 9.96 Å². The third-order valence-corrected chi connectivity index (χ3v) is 5.84. The number of benzene rings is 1. The minimum absolute atomic E-state index is 0.0398. The molecule has 2 rings (SSSR count). The Balaban J connectivity index is 2.33. The molecule has 0 N–H and O–H groups in total. The molecule has 1 aromatic carbocycles. The van der Waals surface area contributed by atoms with E-state index in [1.54, 1.807) is 0 Å². The van der Waals surface area contributed by atoms with Crippen molar-refractivity contribution >= 4 is 0 Å². The van der Waals surface area contributed by atoms with Gasteiger partial charge in [-0.05, 0) is 59.9 Å². The topological polar surface area (TPSA) is 15.7 Å². The van der Waals surface area contributed by atoms with Crippen molar-refractivity contribution in [2.24, 2.45) is 0 Å². The Morgan fingerprint density at radius 1 is 1.04 bits per heavy atom. The van der Waals surface area contributed by atoms with Gasteiger partial charge in [-0.3, -0.25) is 9.74 Å².